The minimum atomic E-state index is -1.17. The van der Waals surface area contributed by atoms with Crippen LogP contribution in [0.5, 0.6) is 5.75 Å². The molecule has 0 aliphatic carbocycles. The Morgan fingerprint density at radius 2 is 1.25 bits per heavy atom. The van der Waals surface area contributed by atoms with Crippen LogP contribution in [0.1, 0.15) is 76.6 Å². The number of ether oxygens (including phenoxy) is 4. The molecule has 0 saturated heterocycles. The summed E-state index contributed by atoms with van der Waals surface area (Å²) in [4.78, 5) is 36.1. The molecule has 0 fully saturated rings. The van der Waals surface area contributed by atoms with E-state index in [0.29, 0.717) is 5.56 Å². The van der Waals surface area contributed by atoms with Crippen LogP contribution in [-0.2, 0) is 23.8 Å². The summed E-state index contributed by atoms with van der Waals surface area (Å²) in [6, 6.07) is 14.8. The molecular formula is C29H38O7. The van der Waals surface area contributed by atoms with Gasteiger partial charge in [0.05, 0.1) is 18.8 Å². The zero-order valence-electron chi connectivity index (χ0n) is 21.8. The largest absolute Gasteiger partial charge is 0.494 e. The second kappa shape index (κ2) is 15.6. The Bertz CT molecular complexity index is 951. The van der Waals surface area contributed by atoms with E-state index >= 15 is 0 Å². The van der Waals surface area contributed by atoms with Crippen molar-refractivity contribution >= 4 is 17.9 Å². The minimum absolute atomic E-state index is 0.179. The zero-order valence-corrected chi connectivity index (χ0v) is 21.8. The van der Waals surface area contributed by atoms with Gasteiger partial charge in [0.1, 0.15) is 5.75 Å². The maximum atomic E-state index is 12.4. The van der Waals surface area contributed by atoms with E-state index in [1.807, 2.05) is 36.4 Å². The normalized spacial score (nSPS) is 12.3. The first kappa shape index (κ1) is 28.9. The molecule has 2 aromatic carbocycles. The number of benzene rings is 2. The second-order valence-electron chi connectivity index (χ2n) is 8.60. The summed E-state index contributed by atoms with van der Waals surface area (Å²) >= 11 is 0. The van der Waals surface area contributed by atoms with Crippen molar-refractivity contribution in [3.63, 3.8) is 0 Å². The first-order valence-corrected chi connectivity index (χ1v) is 12.8. The standard InChI is InChI=1S/C29H38O7/c1-5-7-8-9-10-11-20-34-26-18-16-24(17-19-26)23-12-14-25(15-13-23)29(32)36-22(4)28(31)35-21(3)27(30)33-6-2/h12-19,21-22H,5-11,20H2,1-4H3/t21-,22-/m0/s1. The summed E-state index contributed by atoms with van der Waals surface area (Å²) in [5.41, 5.74) is 2.23. The highest BCUT2D eigenvalue weighted by Crippen LogP contribution is 2.23. The molecule has 0 unspecified atom stereocenters. The molecule has 2 rings (SSSR count). The van der Waals surface area contributed by atoms with Crippen molar-refractivity contribution in [1.82, 2.24) is 0 Å². The first-order valence-electron chi connectivity index (χ1n) is 12.8. The number of unbranched alkanes of at least 4 members (excludes halogenated alkanes) is 5. The smallest absolute Gasteiger partial charge is 0.348 e. The van der Waals surface area contributed by atoms with Crippen LogP contribution in [-0.4, -0.2) is 43.3 Å². The Balaban J connectivity index is 1.82. The number of carbonyl (C=O) groups excluding carboxylic acids is 3. The predicted octanol–water partition coefficient (Wildman–Crippen LogP) is 6.13. The van der Waals surface area contributed by atoms with Gasteiger partial charge in [0.25, 0.3) is 0 Å². The molecular weight excluding hydrogens is 460 g/mol. The Labute approximate surface area is 214 Å². The molecule has 0 spiro atoms. The van der Waals surface area contributed by atoms with E-state index in [0.717, 1.165) is 29.9 Å². The van der Waals surface area contributed by atoms with Gasteiger partial charge in [0.2, 0.25) is 0 Å². The topological polar surface area (TPSA) is 88.1 Å². The van der Waals surface area contributed by atoms with E-state index in [9.17, 15) is 14.4 Å². The Morgan fingerprint density at radius 1 is 0.694 bits per heavy atom. The highest BCUT2D eigenvalue weighted by molar-refractivity contribution is 5.92. The lowest BCUT2D eigenvalue weighted by Gasteiger charge is -2.16. The molecule has 0 heterocycles. The average molecular weight is 499 g/mol. The maximum Gasteiger partial charge on any atom is 0.348 e. The number of esters is 3. The van der Waals surface area contributed by atoms with Crippen molar-refractivity contribution < 1.29 is 33.3 Å². The maximum absolute atomic E-state index is 12.4. The molecule has 0 amide bonds. The van der Waals surface area contributed by atoms with Gasteiger partial charge < -0.3 is 18.9 Å². The van der Waals surface area contributed by atoms with Gasteiger partial charge in [-0.15, -0.1) is 0 Å². The fourth-order valence-electron chi connectivity index (χ4n) is 3.47. The number of rotatable bonds is 15. The lowest BCUT2D eigenvalue weighted by Crippen LogP contribution is -2.33. The van der Waals surface area contributed by atoms with E-state index in [1.54, 1.807) is 19.1 Å². The van der Waals surface area contributed by atoms with E-state index < -0.39 is 30.1 Å². The van der Waals surface area contributed by atoms with E-state index in [1.165, 1.54) is 46.0 Å². The van der Waals surface area contributed by atoms with Crippen molar-refractivity contribution in [3.8, 4) is 16.9 Å². The van der Waals surface area contributed by atoms with E-state index in [4.69, 9.17) is 18.9 Å². The third-order valence-corrected chi connectivity index (χ3v) is 5.60. The molecule has 0 N–H and O–H groups in total. The van der Waals surface area contributed by atoms with Gasteiger partial charge in [-0.3, -0.25) is 0 Å². The summed E-state index contributed by atoms with van der Waals surface area (Å²) in [5, 5.41) is 0. The lowest BCUT2D eigenvalue weighted by molar-refractivity contribution is -0.171. The summed E-state index contributed by atoms with van der Waals surface area (Å²) < 4.78 is 20.8. The second-order valence-corrected chi connectivity index (χ2v) is 8.60. The molecule has 0 saturated carbocycles. The summed E-state index contributed by atoms with van der Waals surface area (Å²) in [6.45, 7) is 7.56. The zero-order chi connectivity index (χ0) is 26.3. The predicted molar refractivity (Wildman–Crippen MR) is 138 cm³/mol. The monoisotopic (exact) mass is 498 g/mol. The summed E-state index contributed by atoms with van der Waals surface area (Å²) in [6.07, 6.45) is 5.12. The summed E-state index contributed by atoms with van der Waals surface area (Å²) in [5.74, 6) is -1.30. The molecule has 196 valence electrons. The van der Waals surface area contributed by atoms with Crippen LogP contribution in [0.3, 0.4) is 0 Å². The van der Waals surface area contributed by atoms with Gasteiger partial charge in [0, 0.05) is 0 Å². The SMILES string of the molecule is CCCCCCCCOc1ccc(-c2ccc(C(=O)O[C@@H](C)C(=O)O[C@@H](C)C(=O)OCC)cc2)cc1. The minimum Gasteiger partial charge on any atom is -0.494 e. The highest BCUT2D eigenvalue weighted by Gasteiger charge is 2.25. The van der Waals surface area contributed by atoms with Crippen LogP contribution in [0.2, 0.25) is 0 Å². The van der Waals surface area contributed by atoms with Crippen molar-refractivity contribution in [2.45, 2.75) is 78.4 Å². The average Bonchev–Trinajstić information content (AvgIpc) is 2.88. The number of hydrogen-bond acceptors (Lipinski definition) is 7. The Hall–Kier alpha value is -3.35. The highest BCUT2D eigenvalue weighted by atomic mass is 16.6. The van der Waals surface area contributed by atoms with Gasteiger partial charge in [-0.1, -0.05) is 63.3 Å². The molecule has 7 nitrogen and oxygen atoms in total. The van der Waals surface area contributed by atoms with Crippen molar-refractivity contribution in [3.05, 3.63) is 54.1 Å². The van der Waals surface area contributed by atoms with Gasteiger partial charge in [-0.25, -0.2) is 14.4 Å². The molecule has 0 aliphatic heterocycles. The van der Waals surface area contributed by atoms with Crippen molar-refractivity contribution in [2.75, 3.05) is 13.2 Å². The molecule has 0 bridgehead atoms. The molecule has 2 aromatic rings. The van der Waals surface area contributed by atoms with Crippen LogP contribution >= 0.6 is 0 Å². The quantitative estimate of drug-likeness (QED) is 0.166. The van der Waals surface area contributed by atoms with Crippen molar-refractivity contribution in [1.29, 1.82) is 0 Å². The van der Waals surface area contributed by atoms with Gasteiger partial charge in [0.15, 0.2) is 12.2 Å². The fourth-order valence-corrected chi connectivity index (χ4v) is 3.47. The molecule has 0 aromatic heterocycles. The van der Waals surface area contributed by atoms with Crippen LogP contribution < -0.4 is 4.74 Å². The molecule has 0 aliphatic rings. The van der Waals surface area contributed by atoms with Gasteiger partial charge in [-0.2, -0.15) is 0 Å². The fraction of sp³-hybridized carbons (Fsp3) is 0.483. The van der Waals surface area contributed by atoms with Crippen LogP contribution in [0.15, 0.2) is 48.5 Å². The van der Waals surface area contributed by atoms with Gasteiger partial charge >= 0.3 is 17.9 Å². The molecule has 0 radical (unpaired) electrons. The first-order chi connectivity index (χ1) is 17.3. The third-order valence-electron chi connectivity index (χ3n) is 5.60. The van der Waals surface area contributed by atoms with E-state index in [-0.39, 0.29) is 6.61 Å². The lowest BCUT2D eigenvalue weighted by atomic mass is 10.0. The Kier molecular flexibility index (Phi) is 12.5. The summed E-state index contributed by atoms with van der Waals surface area (Å²) in [7, 11) is 0. The Morgan fingerprint density at radius 3 is 1.86 bits per heavy atom. The van der Waals surface area contributed by atoms with Crippen molar-refractivity contribution in [2.24, 2.45) is 0 Å². The molecule has 7 heteroatoms. The molecule has 36 heavy (non-hydrogen) atoms. The number of hydrogen-bond donors (Lipinski definition) is 0. The molecule has 2 atom stereocenters. The van der Waals surface area contributed by atoms with Crippen LogP contribution in [0.4, 0.5) is 0 Å². The van der Waals surface area contributed by atoms with Gasteiger partial charge in [-0.05, 0) is 62.6 Å². The van der Waals surface area contributed by atoms with E-state index in [2.05, 4.69) is 6.92 Å². The van der Waals surface area contributed by atoms with Crippen LogP contribution in [0.25, 0.3) is 11.1 Å². The number of carbonyl (C=O) groups is 3. The third kappa shape index (κ3) is 9.72. The van der Waals surface area contributed by atoms with Crippen LogP contribution in [0, 0.1) is 0 Å².